The number of hydrogen-bond donors (Lipinski definition) is 1. The minimum atomic E-state index is -0.102. The van der Waals surface area contributed by atoms with Crippen LogP contribution in [0.2, 0.25) is 0 Å². The summed E-state index contributed by atoms with van der Waals surface area (Å²) in [7, 11) is 0. The summed E-state index contributed by atoms with van der Waals surface area (Å²) in [5.74, 6) is 0. The lowest BCUT2D eigenvalue weighted by atomic mass is 9.80. The highest BCUT2D eigenvalue weighted by molar-refractivity contribution is 9.10. The van der Waals surface area contributed by atoms with Gasteiger partial charge in [0.2, 0.25) is 0 Å². The Bertz CT molecular complexity index is 611. The van der Waals surface area contributed by atoms with Crippen LogP contribution in [0.5, 0.6) is 0 Å². The number of benzene rings is 1. The molecule has 120 valence electrons. The van der Waals surface area contributed by atoms with Crippen molar-refractivity contribution in [1.29, 1.82) is 0 Å². The van der Waals surface area contributed by atoms with E-state index in [1.165, 1.54) is 5.56 Å². The van der Waals surface area contributed by atoms with Crippen LogP contribution in [0.3, 0.4) is 0 Å². The van der Waals surface area contributed by atoms with Crippen LogP contribution >= 0.6 is 31.9 Å². The average molecular weight is 435 g/mol. The van der Waals surface area contributed by atoms with Gasteiger partial charge in [-0.1, -0.05) is 111 Å². The SMILES string of the molecule is Br[C@]1(C(NCc2ccccc2)[C@@]2(Br)C=CC=CC2)C=CC=CC1. The van der Waals surface area contributed by atoms with E-state index >= 15 is 0 Å². The molecule has 0 bridgehead atoms. The first-order valence-electron chi connectivity index (χ1n) is 7.96. The average Bonchev–Trinajstić information content (AvgIpc) is 2.57. The number of allylic oxidation sites excluding steroid dienone is 6. The third-order valence-corrected chi connectivity index (χ3v) is 6.51. The second kappa shape index (κ2) is 7.33. The molecule has 1 nitrogen and oxygen atoms in total. The van der Waals surface area contributed by atoms with Gasteiger partial charge in [-0.2, -0.15) is 0 Å². The van der Waals surface area contributed by atoms with Gasteiger partial charge in [-0.05, 0) is 18.4 Å². The predicted molar refractivity (Wildman–Crippen MR) is 106 cm³/mol. The number of hydrogen-bond acceptors (Lipinski definition) is 1. The van der Waals surface area contributed by atoms with Crippen LogP contribution in [0.4, 0.5) is 0 Å². The number of nitrogens with one attached hydrogen (secondary N) is 1. The molecule has 2 atom stereocenters. The predicted octanol–water partition coefficient (Wildman–Crippen LogP) is 5.44. The van der Waals surface area contributed by atoms with Crippen molar-refractivity contribution in [3.63, 3.8) is 0 Å². The summed E-state index contributed by atoms with van der Waals surface area (Å²) in [6, 6.07) is 10.8. The smallest absolute Gasteiger partial charge is 0.0644 e. The van der Waals surface area contributed by atoms with Crippen molar-refractivity contribution in [2.24, 2.45) is 0 Å². The van der Waals surface area contributed by atoms with Crippen molar-refractivity contribution in [2.75, 3.05) is 0 Å². The zero-order chi connectivity index (χ0) is 16.2. The fourth-order valence-electron chi connectivity index (χ4n) is 3.20. The lowest BCUT2D eigenvalue weighted by molar-refractivity contribution is 0.387. The standard InChI is InChI=1S/C20H21Br2N/c21-19(12-6-2-7-13-19)18(20(22)14-8-3-9-15-20)23-16-17-10-4-1-5-11-17/h1-12,14,18,23H,13,15-16H2/t19-,20-/m1/s1. The molecule has 0 spiro atoms. The molecule has 2 aliphatic carbocycles. The van der Waals surface area contributed by atoms with Gasteiger partial charge in [0.1, 0.15) is 0 Å². The molecule has 0 saturated heterocycles. The van der Waals surface area contributed by atoms with Gasteiger partial charge in [0, 0.05) is 12.6 Å². The largest absolute Gasteiger partial charge is 0.307 e. The Balaban J connectivity index is 1.84. The highest BCUT2D eigenvalue weighted by atomic mass is 79.9. The van der Waals surface area contributed by atoms with Crippen LogP contribution in [-0.2, 0) is 6.54 Å². The Morgan fingerprint density at radius 2 is 1.43 bits per heavy atom. The topological polar surface area (TPSA) is 12.0 Å². The van der Waals surface area contributed by atoms with Gasteiger partial charge in [0.25, 0.3) is 0 Å². The molecule has 1 aromatic rings. The summed E-state index contributed by atoms with van der Waals surface area (Å²) in [5, 5.41) is 3.79. The van der Waals surface area contributed by atoms with Crippen LogP contribution in [0.15, 0.2) is 78.9 Å². The molecule has 0 aliphatic heterocycles. The molecule has 0 amide bonds. The Hall–Kier alpha value is -0.900. The third-order valence-electron chi connectivity index (χ3n) is 4.42. The van der Waals surface area contributed by atoms with Gasteiger partial charge in [0.05, 0.1) is 8.65 Å². The Morgan fingerprint density at radius 3 is 1.91 bits per heavy atom. The van der Waals surface area contributed by atoms with Gasteiger partial charge in [0.15, 0.2) is 0 Å². The fraction of sp³-hybridized carbons (Fsp3) is 0.300. The first-order valence-corrected chi connectivity index (χ1v) is 9.55. The molecule has 2 aliphatic rings. The van der Waals surface area contributed by atoms with Crippen molar-refractivity contribution in [3.8, 4) is 0 Å². The van der Waals surface area contributed by atoms with Crippen LogP contribution in [0.25, 0.3) is 0 Å². The molecule has 3 heteroatoms. The first kappa shape index (κ1) is 16.9. The maximum absolute atomic E-state index is 4.02. The molecular weight excluding hydrogens is 414 g/mol. The molecule has 0 saturated carbocycles. The summed E-state index contributed by atoms with van der Waals surface area (Å²) in [5.41, 5.74) is 1.30. The number of rotatable bonds is 5. The molecule has 0 unspecified atom stereocenters. The summed E-state index contributed by atoms with van der Waals surface area (Å²) < 4.78 is -0.203. The Morgan fingerprint density at radius 1 is 0.870 bits per heavy atom. The molecule has 1 N–H and O–H groups in total. The lowest BCUT2D eigenvalue weighted by Crippen LogP contribution is -2.57. The number of halogens is 2. The van der Waals surface area contributed by atoms with E-state index in [0.29, 0.717) is 0 Å². The Kier molecular flexibility index (Phi) is 5.40. The lowest BCUT2D eigenvalue weighted by Gasteiger charge is -2.44. The van der Waals surface area contributed by atoms with E-state index < -0.39 is 0 Å². The van der Waals surface area contributed by atoms with Crippen LogP contribution in [-0.4, -0.2) is 14.7 Å². The zero-order valence-corrected chi connectivity index (χ0v) is 16.1. The Labute approximate surface area is 155 Å². The highest BCUT2D eigenvalue weighted by Gasteiger charge is 2.45. The molecule has 0 heterocycles. The number of alkyl halides is 2. The van der Waals surface area contributed by atoms with Crippen LogP contribution in [0.1, 0.15) is 18.4 Å². The van der Waals surface area contributed by atoms with E-state index in [1.54, 1.807) is 0 Å². The minimum absolute atomic E-state index is 0.102. The van der Waals surface area contributed by atoms with Crippen LogP contribution < -0.4 is 5.32 Å². The maximum atomic E-state index is 4.02. The van der Waals surface area contributed by atoms with E-state index in [2.05, 4.69) is 116 Å². The first-order chi connectivity index (χ1) is 11.1. The summed E-state index contributed by atoms with van der Waals surface area (Å²) in [4.78, 5) is 0. The quantitative estimate of drug-likeness (QED) is 0.608. The van der Waals surface area contributed by atoms with E-state index in [0.717, 1.165) is 19.4 Å². The fourth-order valence-corrected chi connectivity index (χ4v) is 5.33. The summed E-state index contributed by atoms with van der Waals surface area (Å²) in [6.45, 7) is 0.849. The van der Waals surface area contributed by atoms with Crippen molar-refractivity contribution >= 4 is 31.9 Å². The van der Waals surface area contributed by atoms with Crippen molar-refractivity contribution < 1.29 is 0 Å². The van der Waals surface area contributed by atoms with E-state index in [9.17, 15) is 0 Å². The molecular formula is C20H21Br2N. The third kappa shape index (κ3) is 3.96. The van der Waals surface area contributed by atoms with Gasteiger partial charge in [-0.15, -0.1) is 0 Å². The molecule has 0 radical (unpaired) electrons. The molecule has 3 rings (SSSR count). The van der Waals surface area contributed by atoms with Crippen molar-refractivity contribution in [2.45, 2.75) is 34.1 Å². The van der Waals surface area contributed by atoms with Gasteiger partial charge in [-0.3, -0.25) is 0 Å². The van der Waals surface area contributed by atoms with Crippen LogP contribution in [0, 0.1) is 0 Å². The van der Waals surface area contributed by atoms with Crippen molar-refractivity contribution in [3.05, 3.63) is 84.5 Å². The molecule has 0 fully saturated rings. The maximum Gasteiger partial charge on any atom is 0.0644 e. The molecule has 0 aromatic heterocycles. The van der Waals surface area contributed by atoms with Gasteiger partial charge < -0.3 is 5.32 Å². The highest BCUT2D eigenvalue weighted by Crippen LogP contribution is 2.43. The van der Waals surface area contributed by atoms with E-state index in [1.807, 2.05) is 0 Å². The van der Waals surface area contributed by atoms with E-state index in [4.69, 9.17) is 0 Å². The van der Waals surface area contributed by atoms with E-state index in [-0.39, 0.29) is 14.7 Å². The molecule has 1 aromatic carbocycles. The summed E-state index contributed by atoms with van der Waals surface area (Å²) >= 11 is 8.04. The second-order valence-electron chi connectivity index (χ2n) is 6.14. The second-order valence-corrected chi connectivity index (χ2v) is 9.09. The monoisotopic (exact) mass is 433 g/mol. The minimum Gasteiger partial charge on any atom is -0.307 e. The molecule has 23 heavy (non-hydrogen) atoms. The van der Waals surface area contributed by atoms with Crippen molar-refractivity contribution in [1.82, 2.24) is 5.32 Å². The normalized spacial score (nSPS) is 29.3. The summed E-state index contributed by atoms with van der Waals surface area (Å²) in [6.07, 6.45) is 19.4. The van der Waals surface area contributed by atoms with Gasteiger partial charge >= 0.3 is 0 Å². The van der Waals surface area contributed by atoms with Gasteiger partial charge in [-0.25, -0.2) is 0 Å². The zero-order valence-electron chi connectivity index (χ0n) is 13.0.